The van der Waals surface area contributed by atoms with Crippen LogP contribution in [0.15, 0.2) is 12.7 Å². The Bertz CT molecular complexity index is 174. The predicted molar refractivity (Wildman–Crippen MR) is 63.7 cm³/mol. The first-order valence-corrected chi connectivity index (χ1v) is 6.10. The molecule has 0 fully saturated rings. The van der Waals surface area contributed by atoms with Gasteiger partial charge in [0.2, 0.25) is 5.91 Å². The Kier molecular flexibility index (Phi) is 8.78. The molecule has 1 unspecified atom stereocenters. The molecule has 0 aromatic heterocycles. The van der Waals surface area contributed by atoms with Gasteiger partial charge in [0.1, 0.15) is 0 Å². The van der Waals surface area contributed by atoms with Crippen molar-refractivity contribution in [3.63, 3.8) is 0 Å². The van der Waals surface area contributed by atoms with E-state index in [4.69, 9.17) is 0 Å². The molecule has 0 bridgehead atoms. The predicted octanol–water partition coefficient (Wildman–Crippen LogP) is 1.02. The van der Waals surface area contributed by atoms with Crippen molar-refractivity contribution in [3.8, 4) is 0 Å². The van der Waals surface area contributed by atoms with Crippen molar-refractivity contribution in [2.75, 3.05) is 25.9 Å². The summed E-state index contributed by atoms with van der Waals surface area (Å²) in [5.41, 5.74) is 0. The second-order valence-corrected chi connectivity index (χ2v) is 4.38. The van der Waals surface area contributed by atoms with Crippen LogP contribution < -0.4 is 10.6 Å². The number of rotatable bonds is 8. The Balaban J connectivity index is 3.30. The normalized spacial score (nSPS) is 12.1. The van der Waals surface area contributed by atoms with E-state index in [1.807, 2.05) is 11.8 Å². The van der Waals surface area contributed by atoms with E-state index in [1.54, 1.807) is 6.08 Å². The van der Waals surface area contributed by atoms with Gasteiger partial charge in [-0.15, -0.1) is 6.58 Å². The molecule has 82 valence electrons. The molecular formula is C10H20N2OS. The first kappa shape index (κ1) is 13.5. The molecule has 0 saturated carbocycles. The topological polar surface area (TPSA) is 41.1 Å². The van der Waals surface area contributed by atoms with Crippen molar-refractivity contribution in [2.45, 2.75) is 18.6 Å². The van der Waals surface area contributed by atoms with E-state index in [0.717, 1.165) is 13.0 Å². The monoisotopic (exact) mass is 216 g/mol. The molecule has 0 aliphatic carbocycles. The van der Waals surface area contributed by atoms with E-state index in [1.165, 1.54) is 0 Å². The van der Waals surface area contributed by atoms with Gasteiger partial charge in [-0.3, -0.25) is 4.79 Å². The van der Waals surface area contributed by atoms with Crippen LogP contribution in [0.4, 0.5) is 0 Å². The van der Waals surface area contributed by atoms with Gasteiger partial charge >= 0.3 is 0 Å². The molecule has 0 aliphatic rings. The van der Waals surface area contributed by atoms with Gasteiger partial charge in [0.05, 0.1) is 6.54 Å². The molecule has 0 aliphatic heterocycles. The molecule has 14 heavy (non-hydrogen) atoms. The molecule has 0 aromatic rings. The summed E-state index contributed by atoms with van der Waals surface area (Å²) < 4.78 is 0. The van der Waals surface area contributed by atoms with Crippen molar-refractivity contribution in [1.29, 1.82) is 0 Å². The second kappa shape index (κ2) is 9.09. The summed E-state index contributed by atoms with van der Waals surface area (Å²) >= 11 is 1.82. The second-order valence-electron chi connectivity index (χ2n) is 3.10. The molecule has 0 spiro atoms. The fraction of sp³-hybridized carbons (Fsp3) is 0.700. The highest BCUT2D eigenvalue weighted by Gasteiger charge is 2.01. The quantitative estimate of drug-likeness (QED) is 0.470. The lowest BCUT2D eigenvalue weighted by atomic mass is 10.3. The van der Waals surface area contributed by atoms with Crippen molar-refractivity contribution in [2.24, 2.45) is 0 Å². The summed E-state index contributed by atoms with van der Waals surface area (Å²) in [6.07, 6.45) is 4.84. The summed E-state index contributed by atoms with van der Waals surface area (Å²) in [5, 5.41) is 6.42. The van der Waals surface area contributed by atoms with Crippen LogP contribution in [0.5, 0.6) is 0 Å². The van der Waals surface area contributed by atoms with Crippen LogP contribution in [0.3, 0.4) is 0 Å². The molecular weight excluding hydrogens is 196 g/mol. The van der Waals surface area contributed by atoms with Gasteiger partial charge in [-0.2, -0.15) is 11.8 Å². The third-order valence-electron chi connectivity index (χ3n) is 1.85. The van der Waals surface area contributed by atoms with Crippen LogP contribution in [0.2, 0.25) is 0 Å². The maximum Gasteiger partial charge on any atom is 0.233 e. The van der Waals surface area contributed by atoms with Gasteiger partial charge in [0.15, 0.2) is 0 Å². The highest BCUT2D eigenvalue weighted by molar-refractivity contribution is 7.99. The lowest BCUT2D eigenvalue weighted by molar-refractivity contribution is -0.120. The maximum atomic E-state index is 11.2. The minimum Gasteiger partial charge on any atom is -0.355 e. The molecule has 4 heteroatoms. The Labute approximate surface area is 90.7 Å². The van der Waals surface area contributed by atoms with E-state index in [2.05, 4.69) is 30.4 Å². The number of hydrogen-bond donors (Lipinski definition) is 2. The number of amides is 1. The minimum atomic E-state index is 0.0557. The fourth-order valence-corrected chi connectivity index (χ4v) is 1.24. The zero-order valence-corrected chi connectivity index (χ0v) is 9.82. The third kappa shape index (κ3) is 8.13. The number of nitrogens with one attached hydrogen (secondary N) is 2. The molecule has 1 atom stereocenters. The Morgan fingerprint density at radius 1 is 1.64 bits per heavy atom. The summed E-state index contributed by atoms with van der Waals surface area (Å²) in [4.78, 5) is 11.2. The van der Waals surface area contributed by atoms with E-state index >= 15 is 0 Å². The number of hydrogen-bond acceptors (Lipinski definition) is 3. The number of thioether (sulfide) groups is 1. The van der Waals surface area contributed by atoms with Gasteiger partial charge in [-0.05, 0) is 12.7 Å². The van der Waals surface area contributed by atoms with Gasteiger partial charge in [0, 0.05) is 18.3 Å². The summed E-state index contributed by atoms with van der Waals surface area (Å²) in [5.74, 6) is 0.0557. The average Bonchev–Trinajstić information content (AvgIpc) is 2.18. The Morgan fingerprint density at radius 2 is 2.36 bits per heavy atom. The van der Waals surface area contributed by atoms with E-state index in [9.17, 15) is 4.79 Å². The van der Waals surface area contributed by atoms with Gasteiger partial charge in [0.25, 0.3) is 0 Å². The van der Waals surface area contributed by atoms with Crippen molar-refractivity contribution in [3.05, 3.63) is 12.7 Å². The smallest absolute Gasteiger partial charge is 0.233 e. The van der Waals surface area contributed by atoms with Crippen LogP contribution in [-0.2, 0) is 4.79 Å². The molecule has 0 radical (unpaired) electrons. The third-order valence-corrected chi connectivity index (χ3v) is 2.89. The molecule has 3 nitrogen and oxygen atoms in total. The lowest BCUT2D eigenvalue weighted by Gasteiger charge is -2.09. The van der Waals surface area contributed by atoms with Crippen molar-refractivity contribution in [1.82, 2.24) is 10.6 Å². The van der Waals surface area contributed by atoms with Crippen LogP contribution in [0.25, 0.3) is 0 Å². The number of carbonyl (C=O) groups is 1. The highest BCUT2D eigenvalue weighted by Crippen LogP contribution is 2.07. The Hall–Kier alpha value is -0.480. The molecule has 1 amide bonds. The van der Waals surface area contributed by atoms with Crippen LogP contribution in [0.1, 0.15) is 13.3 Å². The van der Waals surface area contributed by atoms with E-state index in [-0.39, 0.29) is 5.91 Å². The van der Waals surface area contributed by atoms with Gasteiger partial charge in [-0.25, -0.2) is 0 Å². The van der Waals surface area contributed by atoms with Crippen LogP contribution in [0, 0.1) is 0 Å². The summed E-state index contributed by atoms with van der Waals surface area (Å²) in [7, 11) is 0. The van der Waals surface area contributed by atoms with E-state index in [0.29, 0.717) is 18.3 Å². The first-order valence-electron chi connectivity index (χ1n) is 4.81. The van der Waals surface area contributed by atoms with Crippen molar-refractivity contribution >= 4 is 17.7 Å². The average molecular weight is 216 g/mol. The minimum absolute atomic E-state index is 0.0557. The van der Waals surface area contributed by atoms with E-state index < -0.39 is 0 Å². The fourth-order valence-electron chi connectivity index (χ4n) is 0.883. The highest BCUT2D eigenvalue weighted by atomic mass is 32.2. The maximum absolute atomic E-state index is 11.2. The van der Waals surface area contributed by atoms with Crippen LogP contribution >= 0.6 is 11.8 Å². The molecule has 0 aromatic carbocycles. The van der Waals surface area contributed by atoms with Gasteiger partial charge in [-0.1, -0.05) is 13.0 Å². The molecule has 2 N–H and O–H groups in total. The first-order chi connectivity index (χ1) is 6.70. The largest absolute Gasteiger partial charge is 0.355 e. The summed E-state index contributed by atoms with van der Waals surface area (Å²) in [6.45, 7) is 7.53. The van der Waals surface area contributed by atoms with Gasteiger partial charge < -0.3 is 10.6 Å². The zero-order valence-electron chi connectivity index (χ0n) is 9.01. The number of carbonyl (C=O) groups excluding carboxylic acids is 1. The zero-order chi connectivity index (χ0) is 10.8. The Morgan fingerprint density at radius 3 is 2.93 bits per heavy atom. The lowest BCUT2D eigenvalue weighted by Crippen LogP contribution is -2.35. The van der Waals surface area contributed by atoms with Crippen molar-refractivity contribution < 1.29 is 4.79 Å². The SMILES string of the molecule is C=CCNCC(=O)NCCC(C)SC. The standard InChI is InChI=1S/C10H20N2OS/c1-4-6-11-8-10(13)12-7-5-9(2)14-3/h4,9,11H,1,5-8H2,2-3H3,(H,12,13). The van der Waals surface area contributed by atoms with Crippen LogP contribution in [-0.4, -0.2) is 37.0 Å². The summed E-state index contributed by atoms with van der Waals surface area (Å²) in [6, 6.07) is 0. The molecule has 0 heterocycles. The molecule has 0 saturated heterocycles. The molecule has 0 rings (SSSR count).